The van der Waals surface area contributed by atoms with Crippen LogP contribution in [0.15, 0.2) is 12.1 Å². The first-order chi connectivity index (χ1) is 8.01. The molecule has 17 heavy (non-hydrogen) atoms. The molecule has 6 heteroatoms. The van der Waals surface area contributed by atoms with Crippen molar-refractivity contribution in [1.29, 1.82) is 0 Å². The summed E-state index contributed by atoms with van der Waals surface area (Å²) in [5.74, 6) is -1.87. The van der Waals surface area contributed by atoms with Gasteiger partial charge in [-0.1, -0.05) is 15.9 Å². The average molecular weight is 311 g/mol. The maximum absolute atomic E-state index is 13.3. The van der Waals surface area contributed by atoms with Crippen molar-refractivity contribution >= 4 is 15.9 Å². The predicted molar refractivity (Wildman–Crippen MR) is 61.7 cm³/mol. The molecule has 0 spiro atoms. The molecule has 0 aromatic heterocycles. The summed E-state index contributed by atoms with van der Waals surface area (Å²) in [7, 11) is 0. The van der Waals surface area contributed by atoms with Gasteiger partial charge in [-0.3, -0.25) is 0 Å². The van der Waals surface area contributed by atoms with E-state index in [1.165, 1.54) is 0 Å². The molecule has 0 saturated carbocycles. The fraction of sp³-hybridized carbons (Fsp3) is 0.455. The molecule has 0 radical (unpaired) electrons. The number of aliphatic hydroxyl groups is 3. The van der Waals surface area contributed by atoms with Gasteiger partial charge in [0.25, 0.3) is 0 Å². The molecule has 0 saturated heterocycles. The maximum atomic E-state index is 13.3. The molecule has 2 atom stereocenters. The van der Waals surface area contributed by atoms with Crippen LogP contribution in [0.3, 0.4) is 0 Å². The van der Waals surface area contributed by atoms with Gasteiger partial charge in [-0.15, -0.1) is 0 Å². The van der Waals surface area contributed by atoms with Gasteiger partial charge in [-0.05, 0) is 24.1 Å². The van der Waals surface area contributed by atoms with Gasteiger partial charge in [0.2, 0.25) is 0 Å². The fourth-order valence-electron chi connectivity index (χ4n) is 1.44. The summed E-state index contributed by atoms with van der Waals surface area (Å²) >= 11 is 3.09. The van der Waals surface area contributed by atoms with E-state index in [-0.39, 0.29) is 12.0 Å². The minimum Gasteiger partial charge on any atom is -0.391 e. The third kappa shape index (κ3) is 3.45. The fourth-order valence-corrected chi connectivity index (χ4v) is 1.91. The molecule has 96 valence electrons. The predicted octanol–water partition coefficient (Wildman–Crippen LogP) is 1.64. The molecule has 3 nitrogen and oxygen atoms in total. The summed E-state index contributed by atoms with van der Waals surface area (Å²) in [6.07, 6.45) is -2.20. The van der Waals surface area contributed by atoms with Crippen molar-refractivity contribution in [3.63, 3.8) is 0 Å². The smallest absolute Gasteiger partial charge is 0.132 e. The summed E-state index contributed by atoms with van der Waals surface area (Å²) in [5, 5.41) is 28.4. The van der Waals surface area contributed by atoms with E-state index in [0.717, 1.165) is 12.1 Å². The van der Waals surface area contributed by atoms with Gasteiger partial charge in [0.1, 0.15) is 17.7 Å². The quantitative estimate of drug-likeness (QED) is 0.725. The third-order valence-electron chi connectivity index (χ3n) is 2.43. The molecule has 3 N–H and O–H groups in total. The van der Waals surface area contributed by atoms with E-state index >= 15 is 0 Å². The van der Waals surface area contributed by atoms with E-state index in [1.807, 2.05) is 0 Å². The highest BCUT2D eigenvalue weighted by Crippen LogP contribution is 2.24. The lowest BCUT2D eigenvalue weighted by Crippen LogP contribution is -2.19. The van der Waals surface area contributed by atoms with E-state index in [0.29, 0.717) is 5.33 Å². The van der Waals surface area contributed by atoms with Gasteiger partial charge >= 0.3 is 0 Å². The molecular weight excluding hydrogens is 298 g/mol. The Bertz CT molecular complexity index is 364. The summed E-state index contributed by atoms with van der Waals surface area (Å²) < 4.78 is 26.6. The Labute approximate surface area is 106 Å². The second-order valence-electron chi connectivity index (χ2n) is 3.61. The first-order valence-corrected chi connectivity index (χ1v) is 6.14. The molecule has 0 fully saturated rings. The molecule has 2 unspecified atom stereocenters. The molecule has 1 rings (SSSR count). The largest absolute Gasteiger partial charge is 0.391 e. The first-order valence-electron chi connectivity index (χ1n) is 5.02. The molecular formula is C11H13BrF2O3. The zero-order valence-corrected chi connectivity index (χ0v) is 10.5. The van der Waals surface area contributed by atoms with Crippen LogP contribution in [0, 0.1) is 11.6 Å². The zero-order valence-electron chi connectivity index (χ0n) is 8.91. The van der Waals surface area contributed by atoms with E-state index in [9.17, 15) is 19.0 Å². The number of alkyl halides is 1. The highest BCUT2D eigenvalue weighted by Gasteiger charge is 2.21. The van der Waals surface area contributed by atoms with Crippen LogP contribution in [0.4, 0.5) is 8.78 Å². The van der Waals surface area contributed by atoms with Gasteiger partial charge < -0.3 is 15.3 Å². The Morgan fingerprint density at radius 2 is 1.71 bits per heavy atom. The Hall–Kier alpha value is -0.560. The standard InChI is InChI=1S/C11H13BrF2O3/c12-2-1-10(16)11(17)6-3-8(13)7(5-15)9(14)4-6/h3-4,10-11,15-17H,1-2,5H2. The first kappa shape index (κ1) is 14.5. The maximum Gasteiger partial charge on any atom is 0.132 e. The van der Waals surface area contributed by atoms with Gasteiger partial charge in [0, 0.05) is 10.9 Å². The molecule has 1 aromatic carbocycles. The Morgan fingerprint density at radius 3 is 2.12 bits per heavy atom. The highest BCUT2D eigenvalue weighted by molar-refractivity contribution is 9.09. The lowest BCUT2D eigenvalue weighted by molar-refractivity contribution is 0.0170. The summed E-state index contributed by atoms with van der Waals surface area (Å²) in [6, 6.07) is 1.83. The number of aliphatic hydroxyl groups excluding tert-OH is 3. The summed E-state index contributed by atoms with van der Waals surface area (Å²) in [6.45, 7) is -0.752. The Balaban J connectivity index is 2.99. The van der Waals surface area contributed by atoms with E-state index < -0.39 is 36.0 Å². The van der Waals surface area contributed by atoms with Crippen LogP contribution in [0.25, 0.3) is 0 Å². The molecule has 0 aliphatic heterocycles. The molecule has 0 heterocycles. The van der Waals surface area contributed by atoms with Crippen molar-refractivity contribution in [3.05, 3.63) is 34.9 Å². The van der Waals surface area contributed by atoms with Crippen LogP contribution >= 0.6 is 15.9 Å². The van der Waals surface area contributed by atoms with Crippen molar-refractivity contribution in [2.24, 2.45) is 0 Å². The van der Waals surface area contributed by atoms with Crippen molar-refractivity contribution < 1.29 is 24.1 Å². The number of hydrogen-bond donors (Lipinski definition) is 3. The van der Waals surface area contributed by atoms with Crippen LogP contribution < -0.4 is 0 Å². The SMILES string of the molecule is OCc1c(F)cc(C(O)C(O)CCBr)cc1F. The number of halogens is 3. The van der Waals surface area contributed by atoms with Crippen LogP contribution in [-0.2, 0) is 6.61 Å². The van der Waals surface area contributed by atoms with Crippen molar-refractivity contribution in [2.45, 2.75) is 25.2 Å². The summed E-state index contributed by atoms with van der Waals surface area (Å²) in [5.41, 5.74) is -0.499. The Morgan fingerprint density at radius 1 is 1.18 bits per heavy atom. The van der Waals surface area contributed by atoms with Crippen LogP contribution in [0.2, 0.25) is 0 Å². The molecule has 0 bridgehead atoms. The minimum atomic E-state index is -1.36. The average Bonchev–Trinajstić information content (AvgIpc) is 2.27. The minimum absolute atomic E-state index is 0.0503. The second kappa shape index (κ2) is 6.39. The highest BCUT2D eigenvalue weighted by atomic mass is 79.9. The normalized spacial score (nSPS) is 14.7. The van der Waals surface area contributed by atoms with E-state index in [1.54, 1.807) is 0 Å². The van der Waals surface area contributed by atoms with Crippen LogP contribution in [0.1, 0.15) is 23.7 Å². The molecule has 0 aliphatic carbocycles. The lowest BCUT2D eigenvalue weighted by atomic mass is 10.0. The van der Waals surface area contributed by atoms with Crippen LogP contribution in [0.5, 0.6) is 0 Å². The third-order valence-corrected chi connectivity index (χ3v) is 2.89. The number of rotatable bonds is 5. The molecule has 0 amide bonds. The van der Waals surface area contributed by atoms with Gasteiger partial charge in [0.15, 0.2) is 0 Å². The van der Waals surface area contributed by atoms with Crippen LogP contribution in [-0.4, -0.2) is 26.8 Å². The van der Waals surface area contributed by atoms with E-state index in [4.69, 9.17) is 5.11 Å². The zero-order chi connectivity index (χ0) is 13.0. The topological polar surface area (TPSA) is 60.7 Å². The number of hydrogen-bond acceptors (Lipinski definition) is 3. The van der Waals surface area contributed by atoms with Gasteiger partial charge in [-0.25, -0.2) is 8.78 Å². The summed E-state index contributed by atoms with van der Waals surface area (Å²) in [4.78, 5) is 0. The Kier molecular flexibility index (Phi) is 5.45. The second-order valence-corrected chi connectivity index (χ2v) is 4.40. The van der Waals surface area contributed by atoms with Crippen molar-refractivity contribution in [2.75, 3.05) is 5.33 Å². The van der Waals surface area contributed by atoms with Crippen molar-refractivity contribution in [3.8, 4) is 0 Å². The van der Waals surface area contributed by atoms with Gasteiger partial charge in [-0.2, -0.15) is 0 Å². The van der Waals surface area contributed by atoms with Gasteiger partial charge in [0.05, 0.1) is 12.7 Å². The molecule has 0 aliphatic rings. The van der Waals surface area contributed by atoms with Crippen molar-refractivity contribution in [1.82, 2.24) is 0 Å². The monoisotopic (exact) mass is 310 g/mol. The lowest BCUT2D eigenvalue weighted by Gasteiger charge is -2.18. The molecule has 1 aromatic rings. The number of benzene rings is 1. The van der Waals surface area contributed by atoms with E-state index in [2.05, 4.69) is 15.9 Å².